The van der Waals surface area contributed by atoms with E-state index in [0.717, 1.165) is 37.3 Å². The van der Waals surface area contributed by atoms with Gasteiger partial charge >= 0.3 is 0 Å². The maximum Gasteiger partial charge on any atom is 0.123 e. The Bertz CT molecular complexity index is 417. The molecule has 1 aliphatic rings. The summed E-state index contributed by atoms with van der Waals surface area (Å²) in [7, 11) is 2.08. The molecule has 0 bridgehead atoms. The molecule has 1 saturated heterocycles. The maximum absolute atomic E-state index is 13.4. The molecule has 1 fully saturated rings. The van der Waals surface area contributed by atoms with Crippen LogP contribution in [0.4, 0.5) is 10.1 Å². The van der Waals surface area contributed by atoms with Gasteiger partial charge in [0.1, 0.15) is 5.82 Å². The van der Waals surface area contributed by atoms with Gasteiger partial charge in [-0.25, -0.2) is 4.39 Å². The smallest absolute Gasteiger partial charge is 0.123 e. The van der Waals surface area contributed by atoms with Gasteiger partial charge in [0.15, 0.2) is 0 Å². The number of hydrogen-bond donors (Lipinski definition) is 1. The van der Waals surface area contributed by atoms with Crippen LogP contribution in [0.2, 0.25) is 0 Å². The van der Waals surface area contributed by atoms with Crippen molar-refractivity contribution in [2.45, 2.75) is 38.3 Å². The molecule has 1 aromatic rings. The van der Waals surface area contributed by atoms with Gasteiger partial charge in [0, 0.05) is 38.0 Å². The maximum atomic E-state index is 13.4. The molecule has 2 N–H and O–H groups in total. The first-order valence-corrected chi connectivity index (χ1v) is 6.92. The van der Waals surface area contributed by atoms with Crippen molar-refractivity contribution in [1.82, 2.24) is 0 Å². The van der Waals surface area contributed by atoms with E-state index in [-0.39, 0.29) is 11.9 Å². The first kappa shape index (κ1) is 14.3. The number of halogens is 1. The van der Waals surface area contributed by atoms with Gasteiger partial charge in [-0.15, -0.1) is 0 Å². The molecule has 0 spiro atoms. The summed E-state index contributed by atoms with van der Waals surface area (Å²) in [6.07, 6.45) is 2.73. The molecule has 0 aromatic heterocycles. The van der Waals surface area contributed by atoms with E-state index in [4.69, 9.17) is 10.5 Å². The molecule has 1 unspecified atom stereocenters. The number of nitrogens with zero attached hydrogens (tertiary/aromatic N) is 1. The Balaban J connectivity index is 2.21. The number of rotatable bonds is 4. The predicted molar refractivity (Wildman–Crippen MR) is 76.0 cm³/mol. The van der Waals surface area contributed by atoms with Crippen LogP contribution in [0.3, 0.4) is 0 Å². The standard InChI is InChI=1S/C15H23FN2O/c1-11(17)9-12-10-13(16)3-4-15(12)18(2)14-5-7-19-8-6-14/h3-4,10-11,14H,5-9,17H2,1-2H3. The first-order valence-electron chi connectivity index (χ1n) is 6.92. The minimum atomic E-state index is -0.195. The fourth-order valence-corrected chi connectivity index (χ4v) is 2.68. The van der Waals surface area contributed by atoms with Gasteiger partial charge in [-0.1, -0.05) is 0 Å². The fraction of sp³-hybridized carbons (Fsp3) is 0.600. The summed E-state index contributed by atoms with van der Waals surface area (Å²) in [4.78, 5) is 2.25. The van der Waals surface area contributed by atoms with Crippen LogP contribution in [0.5, 0.6) is 0 Å². The molecule has 1 aromatic carbocycles. The molecule has 0 aliphatic carbocycles. The minimum absolute atomic E-state index is 0.0311. The summed E-state index contributed by atoms with van der Waals surface area (Å²) >= 11 is 0. The lowest BCUT2D eigenvalue weighted by atomic mass is 10.0. The van der Waals surface area contributed by atoms with Crippen molar-refractivity contribution in [3.63, 3.8) is 0 Å². The third-order valence-corrected chi connectivity index (χ3v) is 3.70. The van der Waals surface area contributed by atoms with E-state index in [0.29, 0.717) is 12.5 Å². The van der Waals surface area contributed by atoms with Gasteiger partial charge < -0.3 is 15.4 Å². The summed E-state index contributed by atoms with van der Waals surface area (Å²) in [5.74, 6) is -0.195. The summed E-state index contributed by atoms with van der Waals surface area (Å²) < 4.78 is 18.8. The SMILES string of the molecule is CC(N)Cc1cc(F)ccc1N(C)C1CCOCC1. The van der Waals surface area contributed by atoms with Crippen molar-refractivity contribution in [1.29, 1.82) is 0 Å². The van der Waals surface area contributed by atoms with E-state index in [2.05, 4.69) is 11.9 Å². The van der Waals surface area contributed by atoms with Crippen molar-refractivity contribution in [2.75, 3.05) is 25.2 Å². The highest BCUT2D eigenvalue weighted by atomic mass is 19.1. The second-order valence-electron chi connectivity index (χ2n) is 5.41. The normalized spacial score (nSPS) is 18.3. The summed E-state index contributed by atoms with van der Waals surface area (Å²) in [6, 6.07) is 5.49. The zero-order valence-corrected chi connectivity index (χ0v) is 11.7. The minimum Gasteiger partial charge on any atom is -0.381 e. The molecule has 0 radical (unpaired) electrons. The Morgan fingerprint density at radius 2 is 2.11 bits per heavy atom. The van der Waals surface area contributed by atoms with E-state index in [1.165, 1.54) is 6.07 Å². The van der Waals surface area contributed by atoms with Crippen LogP contribution in [0, 0.1) is 5.82 Å². The molecule has 0 amide bonds. The van der Waals surface area contributed by atoms with Crippen LogP contribution in [-0.4, -0.2) is 32.3 Å². The average Bonchev–Trinajstić information content (AvgIpc) is 2.38. The molecule has 4 heteroatoms. The molecular weight excluding hydrogens is 243 g/mol. The lowest BCUT2D eigenvalue weighted by molar-refractivity contribution is 0.0854. The van der Waals surface area contributed by atoms with Crippen LogP contribution in [0.15, 0.2) is 18.2 Å². The third kappa shape index (κ3) is 3.67. The van der Waals surface area contributed by atoms with Crippen LogP contribution in [0.25, 0.3) is 0 Å². The number of ether oxygens (including phenoxy) is 1. The van der Waals surface area contributed by atoms with E-state index >= 15 is 0 Å². The largest absolute Gasteiger partial charge is 0.381 e. The van der Waals surface area contributed by atoms with Gasteiger partial charge in [0.25, 0.3) is 0 Å². The summed E-state index contributed by atoms with van der Waals surface area (Å²) in [5, 5.41) is 0. The summed E-state index contributed by atoms with van der Waals surface area (Å²) in [6.45, 7) is 3.56. The van der Waals surface area contributed by atoms with Crippen molar-refractivity contribution in [2.24, 2.45) is 5.73 Å². The third-order valence-electron chi connectivity index (χ3n) is 3.70. The molecule has 106 valence electrons. The van der Waals surface area contributed by atoms with Crippen molar-refractivity contribution in [3.8, 4) is 0 Å². The zero-order chi connectivity index (χ0) is 13.8. The molecular formula is C15H23FN2O. The molecule has 1 heterocycles. The van der Waals surface area contributed by atoms with Crippen LogP contribution < -0.4 is 10.6 Å². The first-order chi connectivity index (χ1) is 9.08. The molecule has 1 atom stereocenters. The van der Waals surface area contributed by atoms with E-state index in [1.807, 2.05) is 13.0 Å². The number of benzene rings is 1. The van der Waals surface area contributed by atoms with Crippen LogP contribution in [-0.2, 0) is 11.2 Å². The van der Waals surface area contributed by atoms with Gasteiger partial charge in [-0.3, -0.25) is 0 Å². The topological polar surface area (TPSA) is 38.5 Å². The number of anilines is 1. The molecule has 3 nitrogen and oxygen atoms in total. The van der Waals surface area contributed by atoms with Gasteiger partial charge in [-0.2, -0.15) is 0 Å². The highest BCUT2D eigenvalue weighted by molar-refractivity contribution is 5.54. The monoisotopic (exact) mass is 266 g/mol. The van der Waals surface area contributed by atoms with Gasteiger partial charge in [0.2, 0.25) is 0 Å². The Morgan fingerprint density at radius 3 is 2.74 bits per heavy atom. The highest BCUT2D eigenvalue weighted by Crippen LogP contribution is 2.26. The Kier molecular flexibility index (Phi) is 4.77. The van der Waals surface area contributed by atoms with Crippen molar-refractivity contribution < 1.29 is 9.13 Å². The van der Waals surface area contributed by atoms with Crippen LogP contribution >= 0.6 is 0 Å². The number of hydrogen-bond acceptors (Lipinski definition) is 3. The second-order valence-corrected chi connectivity index (χ2v) is 5.41. The molecule has 19 heavy (non-hydrogen) atoms. The van der Waals surface area contributed by atoms with Gasteiger partial charge in [-0.05, 0) is 49.9 Å². The molecule has 0 saturated carbocycles. The Labute approximate surface area is 114 Å². The summed E-state index contributed by atoms with van der Waals surface area (Å²) in [5.41, 5.74) is 7.94. The molecule has 2 rings (SSSR count). The second kappa shape index (κ2) is 6.35. The average molecular weight is 266 g/mol. The zero-order valence-electron chi connectivity index (χ0n) is 11.7. The van der Waals surface area contributed by atoms with Crippen LogP contribution in [0.1, 0.15) is 25.3 Å². The lowest BCUT2D eigenvalue weighted by Crippen LogP contribution is -2.37. The van der Waals surface area contributed by atoms with E-state index in [9.17, 15) is 4.39 Å². The Hall–Kier alpha value is -1.13. The Morgan fingerprint density at radius 1 is 1.42 bits per heavy atom. The van der Waals surface area contributed by atoms with Gasteiger partial charge in [0.05, 0.1) is 0 Å². The van der Waals surface area contributed by atoms with E-state index < -0.39 is 0 Å². The highest BCUT2D eigenvalue weighted by Gasteiger charge is 2.21. The van der Waals surface area contributed by atoms with Crippen molar-refractivity contribution in [3.05, 3.63) is 29.6 Å². The fourth-order valence-electron chi connectivity index (χ4n) is 2.68. The molecule has 1 aliphatic heterocycles. The predicted octanol–water partition coefficient (Wildman–Crippen LogP) is 2.33. The quantitative estimate of drug-likeness (QED) is 0.909. The lowest BCUT2D eigenvalue weighted by Gasteiger charge is -2.34. The van der Waals surface area contributed by atoms with E-state index in [1.54, 1.807) is 6.07 Å². The number of nitrogens with two attached hydrogens (primary N) is 1. The van der Waals surface area contributed by atoms with Crippen molar-refractivity contribution >= 4 is 5.69 Å².